The minimum atomic E-state index is -1.46. The Hall–Kier alpha value is -2.71. The fourth-order valence-corrected chi connectivity index (χ4v) is 1.38. The molecule has 1 aromatic carbocycles. The third-order valence-electron chi connectivity index (χ3n) is 2.64. The Morgan fingerprint density at radius 3 is 2.40 bits per heavy atom. The van der Waals surface area contributed by atoms with Crippen molar-refractivity contribution in [2.24, 2.45) is 5.73 Å². The predicted molar refractivity (Wildman–Crippen MR) is 68.2 cm³/mol. The molecule has 5 N–H and O–H groups in total. The molecule has 0 heterocycles. The second kappa shape index (κ2) is 5.11. The number of nitro groups is 1. The summed E-state index contributed by atoms with van der Waals surface area (Å²) < 4.78 is 13.6. The minimum absolute atomic E-state index is 0.603. The molecule has 0 unspecified atom stereocenters. The molecule has 8 nitrogen and oxygen atoms in total. The van der Waals surface area contributed by atoms with Gasteiger partial charge < -0.3 is 16.8 Å². The third-order valence-corrected chi connectivity index (χ3v) is 2.64. The van der Waals surface area contributed by atoms with Gasteiger partial charge in [0.1, 0.15) is 22.6 Å². The molecule has 0 aliphatic rings. The molecule has 108 valence electrons. The van der Waals surface area contributed by atoms with Crippen molar-refractivity contribution in [1.29, 1.82) is 0 Å². The van der Waals surface area contributed by atoms with E-state index in [4.69, 9.17) is 11.5 Å². The lowest BCUT2D eigenvalue weighted by Crippen LogP contribution is -2.53. The first kappa shape index (κ1) is 15.3. The number of hydrogen-bond acceptors (Lipinski definition) is 5. The van der Waals surface area contributed by atoms with Gasteiger partial charge in [-0.2, -0.15) is 0 Å². The monoisotopic (exact) mass is 284 g/mol. The molecule has 0 atom stereocenters. The Morgan fingerprint density at radius 1 is 1.40 bits per heavy atom. The van der Waals surface area contributed by atoms with Crippen molar-refractivity contribution in [3.63, 3.8) is 0 Å². The van der Waals surface area contributed by atoms with Crippen LogP contribution in [0.3, 0.4) is 0 Å². The summed E-state index contributed by atoms with van der Waals surface area (Å²) in [5, 5.41) is 12.9. The number of carbonyl (C=O) groups is 2. The first-order chi connectivity index (χ1) is 9.08. The van der Waals surface area contributed by atoms with Gasteiger partial charge in [-0.1, -0.05) is 0 Å². The standard InChI is InChI=1S/C11H13FN4O4/c1-11(2,10(14)18)15-9(17)7-5(12)3-4-6(8(7)13)16(19)20/h3-4H,13H2,1-2H3,(H2,14,18)(H,15,17). The van der Waals surface area contributed by atoms with Crippen LogP contribution in [-0.2, 0) is 4.79 Å². The SMILES string of the molecule is CC(C)(NC(=O)c1c(F)ccc([N+](=O)[O-])c1N)C(N)=O. The number of nitro benzene ring substituents is 1. The fourth-order valence-electron chi connectivity index (χ4n) is 1.38. The predicted octanol–water partition coefficient (Wildman–Crippen LogP) is 0.310. The fraction of sp³-hybridized carbons (Fsp3) is 0.273. The second-order valence-corrected chi connectivity index (χ2v) is 4.56. The van der Waals surface area contributed by atoms with Gasteiger partial charge in [0.2, 0.25) is 5.91 Å². The number of benzene rings is 1. The molecule has 20 heavy (non-hydrogen) atoms. The van der Waals surface area contributed by atoms with Gasteiger partial charge in [0.25, 0.3) is 11.6 Å². The number of rotatable bonds is 4. The number of nitrogen functional groups attached to an aromatic ring is 1. The van der Waals surface area contributed by atoms with E-state index in [2.05, 4.69) is 5.32 Å². The Balaban J connectivity index is 3.26. The van der Waals surface area contributed by atoms with E-state index in [1.165, 1.54) is 13.8 Å². The first-order valence-corrected chi connectivity index (χ1v) is 5.42. The van der Waals surface area contributed by atoms with Crippen LogP contribution in [0.5, 0.6) is 0 Å². The van der Waals surface area contributed by atoms with Gasteiger partial charge in [0, 0.05) is 6.07 Å². The maximum atomic E-state index is 13.6. The molecule has 0 aliphatic heterocycles. The molecule has 0 saturated heterocycles. The number of carbonyl (C=O) groups excluding carboxylic acids is 2. The van der Waals surface area contributed by atoms with Crippen molar-refractivity contribution in [3.05, 3.63) is 33.6 Å². The Labute approximate surface area is 113 Å². The van der Waals surface area contributed by atoms with Crippen LogP contribution in [0.1, 0.15) is 24.2 Å². The van der Waals surface area contributed by atoms with Crippen molar-refractivity contribution >= 4 is 23.2 Å². The van der Waals surface area contributed by atoms with Crippen molar-refractivity contribution in [3.8, 4) is 0 Å². The normalized spacial score (nSPS) is 10.9. The third kappa shape index (κ3) is 2.82. The van der Waals surface area contributed by atoms with Crippen LogP contribution in [-0.4, -0.2) is 22.3 Å². The van der Waals surface area contributed by atoms with Crippen LogP contribution in [0.25, 0.3) is 0 Å². The molecule has 0 fully saturated rings. The van der Waals surface area contributed by atoms with Gasteiger partial charge in [-0.15, -0.1) is 0 Å². The Morgan fingerprint density at radius 2 is 1.95 bits per heavy atom. The van der Waals surface area contributed by atoms with E-state index in [1.54, 1.807) is 0 Å². The Kier molecular flexibility index (Phi) is 3.92. The van der Waals surface area contributed by atoms with Crippen LogP contribution in [0, 0.1) is 15.9 Å². The zero-order chi connectivity index (χ0) is 15.7. The van der Waals surface area contributed by atoms with Crippen molar-refractivity contribution < 1.29 is 18.9 Å². The molecule has 1 aromatic rings. The van der Waals surface area contributed by atoms with Crippen LogP contribution in [0.2, 0.25) is 0 Å². The van der Waals surface area contributed by atoms with E-state index >= 15 is 0 Å². The van der Waals surface area contributed by atoms with Crippen LogP contribution in [0.15, 0.2) is 12.1 Å². The average Bonchev–Trinajstić information content (AvgIpc) is 2.27. The van der Waals surface area contributed by atoms with Crippen LogP contribution < -0.4 is 16.8 Å². The highest BCUT2D eigenvalue weighted by atomic mass is 19.1. The quantitative estimate of drug-likeness (QED) is 0.414. The molecule has 0 radical (unpaired) electrons. The largest absolute Gasteiger partial charge is 0.392 e. The van der Waals surface area contributed by atoms with Gasteiger partial charge in [0.05, 0.1) is 4.92 Å². The van der Waals surface area contributed by atoms with Crippen LogP contribution in [0.4, 0.5) is 15.8 Å². The summed E-state index contributed by atoms with van der Waals surface area (Å²) in [6.07, 6.45) is 0. The molecule has 0 saturated carbocycles. The first-order valence-electron chi connectivity index (χ1n) is 5.42. The highest BCUT2D eigenvalue weighted by Gasteiger charge is 2.31. The lowest BCUT2D eigenvalue weighted by Gasteiger charge is -2.22. The molecule has 0 aromatic heterocycles. The maximum Gasteiger partial charge on any atom is 0.293 e. The maximum absolute atomic E-state index is 13.6. The molecule has 0 bridgehead atoms. The van der Waals surface area contributed by atoms with E-state index in [0.29, 0.717) is 0 Å². The summed E-state index contributed by atoms with van der Waals surface area (Å²) in [5.41, 5.74) is 7.11. The summed E-state index contributed by atoms with van der Waals surface area (Å²) in [7, 11) is 0. The van der Waals surface area contributed by atoms with E-state index < -0.39 is 45.0 Å². The zero-order valence-electron chi connectivity index (χ0n) is 10.8. The molecule has 9 heteroatoms. The number of nitrogens with one attached hydrogen (secondary N) is 1. The Bertz CT molecular complexity index is 600. The lowest BCUT2D eigenvalue weighted by atomic mass is 10.0. The summed E-state index contributed by atoms with van der Waals surface area (Å²) in [5.74, 6) is -2.95. The zero-order valence-corrected chi connectivity index (χ0v) is 10.8. The number of halogens is 1. The number of hydrogen-bond donors (Lipinski definition) is 3. The topological polar surface area (TPSA) is 141 Å². The number of amides is 2. The van der Waals surface area contributed by atoms with E-state index in [0.717, 1.165) is 12.1 Å². The molecular weight excluding hydrogens is 271 g/mol. The average molecular weight is 284 g/mol. The number of nitrogens with two attached hydrogens (primary N) is 2. The molecule has 0 spiro atoms. The van der Waals surface area contributed by atoms with Crippen molar-refractivity contribution in [2.75, 3.05) is 5.73 Å². The second-order valence-electron chi connectivity index (χ2n) is 4.56. The van der Waals surface area contributed by atoms with E-state index in [9.17, 15) is 24.1 Å². The summed E-state index contributed by atoms with van der Waals surface area (Å²) in [6.45, 7) is 2.61. The van der Waals surface area contributed by atoms with E-state index in [1.807, 2.05) is 0 Å². The van der Waals surface area contributed by atoms with Gasteiger partial charge in [-0.3, -0.25) is 19.7 Å². The lowest BCUT2D eigenvalue weighted by molar-refractivity contribution is -0.384. The number of nitrogens with zero attached hydrogens (tertiary/aromatic N) is 1. The summed E-state index contributed by atoms with van der Waals surface area (Å²) >= 11 is 0. The highest BCUT2D eigenvalue weighted by molar-refractivity contribution is 6.03. The highest BCUT2D eigenvalue weighted by Crippen LogP contribution is 2.27. The van der Waals surface area contributed by atoms with Gasteiger partial charge in [0.15, 0.2) is 0 Å². The van der Waals surface area contributed by atoms with Gasteiger partial charge in [-0.05, 0) is 19.9 Å². The molecule has 0 aliphatic carbocycles. The van der Waals surface area contributed by atoms with Gasteiger partial charge >= 0.3 is 0 Å². The number of primary amides is 1. The smallest absolute Gasteiger partial charge is 0.293 e. The number of anilines is 1. The van der Waals surface area contributed by atoms with Crippen LogP contribution >= 0.6 is 0 Å². The van der Waals surface area contributed by atoms with E-state index in [-0.39, 0.29) is 0 Å². The minimum Gasteiger partial charge on any atom is -0.392 e. The molecular formula is C11H13FN4O4. The summed E-state index contributed by atoms with van der Waals surface area (Å²) in [6, 6.07) is 1.60. The summed E-state index contributed by atoms with van der Waals surface area (Å²) in [4.78, 5) is 32.9. The molecule has 2 amide bonds. The van der Waals surface area contributed by atoms with Gasteiger partial charge in [-0.25, -0.2) is 4.39 Å². The van der Waals surface area contributed by atoms with Crippen molar-refractivity contribution in [1.82, 2.24) is 5.32 Å². The van der Waals surface area contributed by atoms with Crippen molar-refractivity contribution in [2.45, 2.75) is 19.4 Å². The molecule has 1 rings (SSSR count).